The zero-order valence-corrected chi connectivity index (χ0v) is 23.2. The molecule has 0 aliphatic carbocycles. The first-order valence-corrected chi connectivity index (χ1v) is 13.1. The maximum Gasteiger partial charge on any atom is 0.419 e. The first kappa shape index (κ1) is 29.8. The van der Waals surface area contributed by atoms with Crippen LogP contribution in [0.1, 0.15) is 55.5 Å². The average molecular weight is 537 g/mol. The summed E-state index contributed by atoms with van der Waals surface area (Å²) in [5.74, 6) is 0.186. The van der Waals surface area contributed by atoms with Crippen molar-refractivity contribution in [3.63, 3.8) is 0 Å². The van der Waals surface area contributed by atoms with Crippen molar-refractivity contribution in [2.45, 2.75) is 66.4 Å². The van der Waals surface area contributed by atoms with Crippen molar-refractivity contribution in [2.75, 3.05) is 39.4 Å². The molecule has 0 saturated carbocycles. The van der Waals surface area contributed by atoms with Crippen LogP contribution in [0.5, 0.6) is 11.5 Å². The van der Waals surface area contributed by atoms with Crippen molar-refractivity contribution >= 4 is 5.97 Å². The fraction of sp³-hybridized carbons (Fsp3) is 0.552. The minimum Gasteiger partial charge on any atom is -0.493 e. The first-order chi connectivity index (χ1) is 17.8. The molecular weight excluding hydrogens is 497 g/mol. The Morgan fingerprint density at radius 2 is 1.42 bits per heavy atom. The van der Waals surface area contributed by atoms with E-state index in [1.165, 1.54) is 17.7 Å². The van der Waals surface area contributed by atoms with Crippen LogP contribution in [0.25, 0.3) is 0 Å². The summed E-state index contributed by atoms with van der Waals surface area (Å²) in [4.78, 5) is 16.9. The Kier molecular flexibility index (Phi) is 9.70. The van der Waals surface area contributed by atoms with E-state index < -0.39 is 23.3 Å². The van der Waals surface area contributed by atoms with Gasteiger partial charge in [0.25, 0.3) is 0 Å². The van der Waals surface area contributed by atoms with Crippen molar-refractivity contribution in [1.82, 2.24) is 9.80 Å². The van der Waals surface area contributed by atoms with E-state index in [0.717, 1.165) is 55.5 Å². The SMILES string of the molecule is CCOC(=O)C(C)(C)Oc1c(C)cc(CN2CCN(Cc3ccc(C(F)(F)F)c(OCC)c3)CC2)cc1C. The quantitative estimate of drug-likeness (QED) is 0.360. The number of hydrogen-bond acceptors (Lipinski definition) is 6. The Balaban J connectivity index is 1.59. The third kappa shape index (κ3) is 7.63. The third-order valence-electron chi connectivity index (χ3n) is 6.57. The molecule has 0 atom stereocenters. The van der Waals surface area contributed by atoms with Gasteiger partial charge in [0.2, 0.25) is 0 Å². The van der Waals surface area contributed by atoms with E-state index in [0.29, 0.717) is 18.9 Å². The molecule has 1 saturated heterocycles. The molecule has 0 spiro atoms. The highest BCUT2D eigenvalue weighted by atomic mass is 19.4. The summed E-state index contributed by atoms with van der Waals surface area (Å²) in [6.07, 6.45) is -4.44. The molecular formula is C29H39F3N2O4. The Bertz CT molecular complexity index is 1090. The molecule has 0 N–H and O–H groups in total. The lowest BCUT2D eigenvalue weighted by molar-refractivity contribution is -0.158. The number of nitrogens with zero attached hydrogens (tertiary/aromatic N) is 2. The van der Waals surface area contributed by atoms with Crippen LogP contribution in [0.4, 0.5) is 13.2 Å². The van der Waals surface area contributed by atoms with Crippen LogP contribution in [0.3, 0.4) is 0 Å². The fourth-order valence-corrected chi connectivity index (χ4v) is 4.69. The maximum atomic E-state index is 13.3. The summed E-state index contributed by atoms with van der Waals surface area (Å²) in [5, 5.41) is 0. The van der Waals surface area contributed by atoms with Crippen LogP contribution in [0, 0.1) is 13.8 Å². The second-order valence-electron chi connectivity index (χ2n) is 10.2. The summed E-state index contributed by atoms with van der Waals surface area (Å²) >= 11 is 0. The molecule has 0 aromatic heterocycles. The van der Waals surface area contributed by atoms with Crippen LogP contribution in [0.2, 0.25) is 0 Å². The van der Waals surface area contributed by atoms with Crippen molar-refractivity contribution in [2.24, 2.45) is 0 Å². The predicted octanol–water partition coefficient (Wildman–Crippen LogP) is 5.76. The van der Waals surface area contributed by atoms with Gasteiger partial charge in [0.15, 0.2) is 5.60 Å². The Morgan fingerprint density at radius 3 is 1.92 bits per heavy atom. The standard InChI is InChI=1S/C29H39F3N2O4/c1-7-36-25-17-22(9-10-24(25)29(30,31)32)18-33-11-13-34(14-12-33)19-23-15-20(3)26(21(4)16-23)38-28(5,6)27(35)37-8-2/h9-10,15-17H,7-8,11-14,18-19H2,1-6H3. The van der Waals surface area contributed by atoms with Crippen LogP contribution < -0.4 is 9.47 Å². The van der Waals surface area contributed by atoms with Gasteiger partial charge in [0, 0.05) is 39.3 Å². The van der Waals surface area contributed by atoms with E-state index in [1.807, 2.05) is 13.8 Å². The normalized spacial score (nSPS) is 15.4. The Labute approximate surface area is 223 Å². The van der Waals surface area contributed by atoms with Crippen molar-refractivity contribution in [1.29, 1.82) is 0 Å². The van der Waals surface area contributed by atoms with E-state index in [1.54, 1.807) is 27.7 Å². The Hall–Kier alpha value is -2.78. The molecule has 3 rings (SSSR count). The van der Waals surface area contributed by atoms with Gasteiger partial charge >= 0.3 is 12.1 Å². The van der Waals surface area contributed by atoms with Gasteiger partial charge < -0.3 is 14.2 Å². The highest BCUT2D eigenvalue weighted by Crippen LogP contribution is 2.37. The van der Waals surface area contributed by atoms with Gasteiger partial charge in [-0.1, -0.05) is 18.2 Å². The number of aryl methyl sites for hydroxylation is 2. The lowest BCUT2D eigenvalue weighted by Gasteiger charge is -2.35. The molecule has 1 aliphatic heterocycles. The van der Waals surface area contributed by atoms with E-state index in [-0.39, 0.29) is 12.4 Å². The molecule has 0 unspecified atom stereocenters. The third-order valence-corrected chi connectivity index (χ3v) is 6.57. The topological polar surface area (TPSA) is 51.2 Å². The molecule has 6 nitrogen and oxygen atoms in total. The summed E-state index contributed by atoms with van der Waals surface area (Å²) in [7, 11) is 0. The summed E-state index contributed by atoms with van der Waals surface area (Å²) in [6, 6.07) is 8.34. The molecule has 0 bridgehead atoms. The first-order valence-electron chi connectivity index (χ1n) is 13.1. The highest BCUT2D eigenvalue weighted by molar-refractivity contribution is 5.79. The van der Waals surface area contributed by atoms with Gasteiger partial charge in [-0.25, -0.2) is 4.79 Å². The molecule has 1 fully saturated rings. The fourth-order valence-electron chi connectivity index (χ4n) is 4.69. The minimum absolute atomic E-state index is 0.111. The highest BCUT2D eigenvalue weighted by Gasteiger charge is 2.35. The van der Waals surface area contributed by atoms with Crippen LogP contribution in [-0.2, 0) is 28.8 Å². The molecule has 2 aromatic carbocycles. The molecule has 210 valence electrons. The molecule has 38 heavy (non-hydrogen) atoms. The molecule has 1 aliphatic rings. The van der Waals surface area contributed by atoms with Gasteiger partial charge in [0.1, 0.15) is 11.5 Å². The monoisotopic (exact) mass is 536 g/mol. The van der Waals surface area contributed by atoms with Gasteiger partial charge in [-0.15, -0.1) is 0 Å². The van der Waals surface area contributed by atoms with Crippen LogP contribution in [0.15, 0.2) is 30.3 Å². The largest absolute Gasteiger partial charge is 0.493 e. The van der Waals surface area contributed by atoms with Crippen LogP contribution in [-0.4, -0.2) is 60.8 Å². The van der Waals surface area contributed by atoms with Gasteiger partial charge in [-0.05, 0) is 75.9 Å². The van der Waals surface area contributed by atoms with E-state index >= 15 is 0 Å². The number of rotatable bonds is 10. The Morgan fingerprint density at radius 1 is 0.868 bits per heavy atom. The number of benzene rings is 2. The predicted molar refractivity (Wildman–Crippen MR) is 140 cm³/mol. The zero-order valence-electron chi connectivity index (χ0n) is 23.2. The molecule has 0 radical (unpaired) electrons. The summed E-state index contributed by atoms with van der Waals surface area (Å²) in [5.41, 5.74) is 2.08. The number of ether oxygens (including phenoxy) is 3. The second kappa shape index (κ2) is 12.4. The molecule has 0 amide bonds. The maximum absolute atomic E-state index is 13.3. The number of alkyl halides is 3. The lowest BCUT2D eigenvalue weighted by atomic mass is 10.0. The average Bonchev–Trinajstić information content (AvgIpc) is 2.82. The number of esters is 1. The zero-order chi connectivity index (χ0) is 28.1. The molecule has 1 heterocycles. The van der Waals surface area contributed by atoms with Gasteiger partial charge in [-0.3, -0.25) is 9.80 Å². The number of hydrogen-bond donors (Lipinski definition) is 0. The van der Waals surface area contributed by atoms with Crippen molar-refractivity contribution in [3.05, 3.63) is 58.1 Å². The summed E-state index contributed by atoms with van der Waals surface area (Å²) < 4.78 is 56.3. The van der Waals surface area contributed by atoms with E-state index in [2.05, 4.69) is 21.9 Å². The van der Waals surface area contributed by atoms with E-state index in [4.69, 9.17) is 14.2 Å². The minimum atomic E-state index is -4.44. The number of piperazine rings is 1. The van der Waals surface area contributed by atoms with Crippen molar-refractivity contribution < 1.29 is 32.2 Å². The lowest BCUT2D eigenvalue weighted by Crippen LogP contribution is -2.45. The summed E-state index contributed by atoms with van der Waals surface area (Å²) in [6.45, 7) is 16.0. The van der Waals surface area contributed by atoms with Crippen molar-refractivity contribution in [3.8, 4) is 11.5 Å². The van der Waals surface area contributed by atoms with Crippen LogP contribution >= 0.6 is 0 Å². The second-order valence-corrected chi connectivity index (χ2v) is 10.2. The van der Waals surface area contributed by atoms with E-state index in [9.17, 15) is 18.0 Å². The van der Waals surface area contributed by atoms with Gasteiger partial charge in [-0.2, -0.15) is 13.2 Å². The van der Waals surface area contributed by atoms with Gasteiger partial charge in [0.05, 0.1) is 18.8 Å². The number of carbonyl (C=O) groups excluding carboxylic acids is 1. The number of halogens is 3. The smallest absolute Gasteiger partial charge is 0.419 e. The number of carbonyl (C=O) groups is 1. The molecule has 2 aromatic rings. The molecule has 9 heteroatoms.